The van der Waals surface area contributed by atoms with Crippen LogP contribution in [-0.4, -0.2) is 20.6 Å². The lowest BCUT2D eigenvalue weighted by Gasteiger charge is -2.01. The largest absolute Gasteiger partial charge is 0.322 e. The number of nitro groups is 1. The average Bonchev–Trinajstić information content (AvgIpc) is 3.13. The van der Waals surface area contributed by atoms with Gasteiger partial charge in [0.1, 0.15) is 16.8 Å². The molecule has 0 radical (unpaired) electrons. The van der Waals surface area contributed by atoms with Crippen molar-refractivity contribution in [3.8, 4) is 6.07 Å². The molecule has 118 valence electrons. The van der Waals surface area contributed by atoms with E-state index in [1.165, 1.54) is 22.9 Å². The predicted molar refractivity (Wildman–Crippen MR) is 83.6 cm³/mol. The minimum atomic E-state index is -0.670. The third-order valence-corrected chi connectivity index (χ3v) is 5.17. The van der Waals surface area contributed by atoms with Gasteiger partial charge in [-0.25, -0.2) is 0 Å². The number of anilines is 1. The van der Waals surface area contributed by atoms with Crippen molar-refractivity contribution < 1.29 is 9.72 Å². The third kappa shape index (κ3) is 2.37. The van der Waals surface area contributed by atoms with Gasteiger partial charge >= 0.3 is 5.69 Å². The number of thiophene rings is 1. The van der Waals surface area contributed by atoms with Crippen molar-refractivity contribution in [1.82, 2.24) is 9.78 Å². The van der Waals surface area contributed by atoms with Crippen molar-refractivity contribution in [2.24, 2.45) is 7.05 Å². The summed E-state index contributed by atoms with van der Waals surface area (Å²) in [6, 6.07) is 2.12. The van der Waals surface area contributed by atoms with Crippen LogP contribution in [0.25, 0.3) is 0 Å². The number of fused-ring (bicyclic) bond motifs is 1. The van der Waals surface area contributed by atoms with Crippen molar-refractivity contribution in [3.05, 3.63) is 37.5 Å². The summed E-state index contributed by atoms with van der Waals surface area (Å²) in [5, 5.41) is 27.5. The van der Waals surface area contributed by atoms with Crippen LogP contribution in [0, 0.1) is 28.4 Å². The molecule has 0 saturated carbocycles. The van der Waals surface area contributed by atoms with E-state index in [1.54, 1.807) is 7.05 Å². The normalized spacial score (nSPS) is 12.7. The Kier molecular flexibility index (Phi) is 3.61. The molecule has 0 atom stereocenters. The van der Waals surface area contributed by atoms with Gasteiger partial charge in [-0.1, -0.05) is 0 Å². The lowest BCUT2D eigenvalue weighted by atomic mass is 10.1. The number of aryl methyl sites for hydroxylation is 2. The minimum absolute atomic E-state index is 0.243. The van der Waals surface area contributed by atoms with E-state index < -0.39 is 10.8 Å². The van der Waals surface area contributed by atoms with Gasteiger partial charge < -0.3 is 5.32 Å². The van der Waals surface area contributed by atoms with E-state index in [0.717, 1.165) is 29.7 Å². The molecule has 1 aliphatic rings. The van der Waals surface area contributed by atoms with Crippen molar-refractivity contribution in [1.29, 1.82) is 5.26 Å². The van der Waals surface area contributed by atoms with Crippen molar-refractivity contribution in [3.63, 3.8) is 0 Å². The van der Waals surface area contributed by atoms with Gasteiger partial charge in [0.05, 0.1) is 10.5 Å². The number of hydrogen-bond acceptors (Lipinski definition) is 6. The van der Waals surface area contributed by atoms with Gasteiger partial charge in [-0.15, -0.1) is 11.3 Å². The van der Waals surface area contributed by atoms with Crippen LogP contribution < -0.4 is 5.32 Å². The number of rotatable bonds is 3. The highest BCUT2D eigenvalue weighted by atomic mass is 32.1. The molecule has 8 nitrogen and oxygen atoms in total. The first-order chi connectivity index (χ1) is 10.9. The van der Waals surface area contributed by atoms with Crippen LogP contribution >= 0.6 is 11.3 Å². The molecule has 2 aromatic heterocycles. The zero-order chi connectivity index (χ0) is 16.7. The summed E-state index contributed by atoms with van der Waals surface area (Å²) in [7, 11) is 1.54. The summed E-state index contributed by atoms with van der Waals surface area (Å²) in [6.07, 6.45) is 2.73. The molecule has 1 N–H and O–H groups in total. The molecule has 2 aromatic rings. The van der Waals surface area contributed by atoms with E-state index in [2.05, 4.69) is 16.5 Å². The maximum atomic E-state index is 12.4. The number of carbonyl (C=O) groups excluding carboxylic acids is 1. The van der Waals surface area contributed by atoms with Gasteiger partial charge in [0, 0.05) is 11.9 Å². The fourth-order valence-electron chi connectivity index (χ4n) is 2.74. The lowest BCUT2D eigenvalue weighted by molar-refractivity contribution is -0.385. The second-order valence-electron chi connectivity index (χ2n) is 5.29. The van der Waals surface area contributed by atoms with Crippen LogP contribution in [0.5, 0.6) is 0 Å². The molecule has 0 spiro atoms. The molecule has 1 aliphatic carbocycles. The Morgan fingerprint density at radius 1 is 1.52 bits per heavy atom. The van der Waals surface area contributed by atoms with Gasteiger partial charge in [-0.05, 0) is 31.7 Å². The maximum absolute atomic E-state index is 12.4. The average molecular weight is 331 g/mol. The summed E-state index contributed by atoms with van der Waals surface area (Å²) < 4.78 is 1.30. The van der Waals surface area contributed by atoms with Crippen LogP contribution in [0.2, 0.25) is 0 Å². The molecule has 0 bridgehead atoms. The van der Waals surface area contributed by atoms with Crippen LogP contribution in [0.4, 0.5) is 10.7 Å². The molecule has 0 fully saturated rings. The summed E-state index contributed by atoms with van der Waals surface area (Å²) in [5.74, 6) is -0.670. The van der Waals surface area contributed by atoms with E-state index in [-0.39, 0.29) is 11.4 Å². The molecule has 3 rings (SSSR count). The fourth-order valence-corrected chi connectivity index (χ4v) is 3.98. The summed E-state index contributed by atoms with van der Waals surface area (Å²) in [4.78, 5) is 24.1. The van der Waals surface area contributed by atoms with Crippen LogP contribution in [0.3, 0.4) is 0 Å². The highest BCUT2D eigenvalue weighted by Crippen LogP contribution is 2.39. The molecule has 1 amide bonds. The van der Waals surface area contributed by atoms with Crippen LogP contribution in [0.15, 0.2) is 0 Å². The Labute approximate surface area is 135 Å². The Morgan fingerprint density at radius 2 is 2.26 bits per heavy atom. The molecule has 0 aromatic carbocycles. The molecule has 9 heteroatoms. The zero-order valence-electron chi connectivity index (χ0n) is 12.5. The van der Waals surface area contributed by atoms with Gasteiger partial charge in [-0.3, -0.25) is 19.6 Å². The number of hydrogen-bond donors (Lipinski definition) is 1. The topological polar surface area (TPSA) is 114 Å². The maximum Gasteiger partial charge on any atom is 0.322 e. The van der Waals surface area contributed by atoms with Gasteiger partial charge in [0.25, 0.3) is 5.91 Å². The number of nitrogens with one attached hydrogen (secondary N) is 1. The first kappa shape index (κ1) is 15.2. The second-order valence-corrected chi connectivity index (χ2v) is 6.40. The van der Waals surface area contributed by atoms with Gasteiger partial charge in [0.15, 0.2) is 0 Å². The molecule has 2 heterocycles. The molecule has 0 saturated heterocycles. The van der Waals surface area contributed by atoms with Crippen LogP contribution in [0.1, 0.15) is 38.6 Å². The molecule has 0 unspecified atom stereocenters. The molecular weight excluding hydrogens is 318 g/mol. The first-order valence-corrected chi connectivity index (χ1v) is 7.79. The molecular formula is C14H13N5O3S. The highest BCUT2D eigenvalue weighted by Gasteiger charge is 2.30. The van der Waals surface area contributed by atoms with E-state index in [4.69, 9.17) is 0 Å². The Hall–Kier alpha value is -2.73. The Balaban J connectivity index is 1.97. The van der Waals surface area contributed by atoms with E-state index >= 15 is 0 Å². The molecule has 0 aliphatic heterocycles. The zero-order valence-corrected chi connectivity index (χ0v) is 13.4. The van der Waals surface area contributed by atoms with E-state index in [9.17, 15) is 20.2 Å². The summed E-state index contributed by atoms with van der Waals surface area (Å²) in [5.41, 5.74) is 1.19. The fraction of sp³-hybridized carbons (Fsp3) is 0.357. The smallest absolute Gasteiger partial charge is 0.311 e. The van der Waals surface area contributed by atoms with Crippen LogP contribution in [-0.2, 0) is 19.9 Å². The minimum Gasteiger partial charge on any atom is -0.311 e. The van der Waals surface area contributed by atoms with Gasteiger partial charge in [0.2, 0.25) is 5.69 Å². The molecule has 23 heavy (non-hydrogen) atoms. The summed E-state index contributed by atoms with van der Waals surface area (Å²) in [6.45, 7) is 1.53. The quantitative estimate of drug-likeness (QED) is 0.684. The standard InChI is InChI=1S/C14H13N5O3S/c1-7-12(19(21)22)11(17-18(7)2)13(20)16-14-9(6-15)8-4-3-5-10(8)23-14/h3-5H2,1-2H3,(H,16,20). The monoisotopic (exact) mass is 331 g/mol. The number of carbonyl (C=O) groups is 1. The number of nitrogens with zero attached hydrogens (tertiary/aromatic N) is 4. The third-order valence-electron chi connectivity index (χ3n) is 3.96. The second kappa shape index (κ2) is 5.48. The van der Waals surface area contributed by atoms with Crippen molar-refractivity contribution >= 4 is 27.9 Å². The van der Waals surface area contributed by atoms with E-state index in [1.807, 2.05) is 0 Å². The summed E-state index contributed by atoms with van der Waals surface area (Å²) >= 11 is 1.36. The SMILES string of the molecule is Cc1c([N+](=O)[O-])c(C(=O)Nc2sc3c(c2C#N)CCC3)nn1C. The van der Waals surface area contributed by atoms with Crippen molar-refractivity contribution in [2.75, 3.05) is 5.32 Å². The number of amides is 1. The first-order valence-electron chi connectivity index (χ1n) is 6.98. The Bertz CT molecular complexity index is 874. The highest BCUT2D eigenvalue weighted by molar-refractivity contribution is 7.16. The number of nitriles is 1. The van der Waals surface area contributed by atoms with E-state index in [0.29, 0.717) is 16.3 Å². The number of aromatic nitrogens is 2. The van der Waals surface area contributed by atoms with Crippen molar-refractivity contribution in [2.45, 2.75) is 26.2 Å². The lowest BCUT2D eigenvalue weighted by Crippen LogP contribution is -2.14. The van der Waals surface area contributed by atoms with Gasteiger partial charge in [-0.2, -0.15) is 10.4 Å². The predicted octanol–water partition coefficient (Wildman–Crippen LogP) is 2.31. The Morgan fingerprint density at radius 3 is 2.91 bits per heavy atom.